The third-order valence-corrected chi connectivity index (χ3v) is 3.75. The first-order valence-electron chi connectivity index (χ1n) is 8.50. The van der Waals surface area contributed by atoms with Gasteiger partial charge < -0.3 is 9.47 Å². The van der Waals surface area contributed by atoms with Crippen molar-refractivity contribution in [1.29, 1.82) is 0 Å². The van der Waals surface area contributed by atoms with E-state index in [9.17, 15) is 88.6 Å². The maximum Gasteiger partial charge on any atom is 0.460 e. The van der Waals surface area contributed by atoms with Gasteiger partial charge in [0, 0.05) is 0 Å². The van der Waals surface area contributed by atoms with Crippen molar-refractivity contribution in [2.24, 2.45) is 0 Å². The minimum atomic E-state index is -7.47. The first-order chi connectivity index (χ1) is 16.3. The van der Waals surface area contributed by atoms with Crippen molar-refractivity contribution in [3.63, 3.8) is 0 Å². The zero-order valence-electron chi connectivity index (χ0n) is 17.4. The molecule has 0 aromatic heterocycles. The molecule has 0 fully saturated rings. The Labute approximate surface area is 195 Å². The van der Waals surface area contributed by atoms with Crippen LogP contribution in [0, 0.1) is 0 Å². The fraction of sp³-hybridized carbons (Fsp3) is 0.857. The first-order valence-corrected chi connectivity index (χ1v) is 8.50. The summed E-state index contributed by atoms with van der Waals surface area (Å²) in [4.78, 5) is 28.9. The van der Waals surface area contributed by atoms with Crippen molar-refractivity contribution in [1.82, 2.24) is 0 Å². The van der Waals surface area contributed by atoms with Gasteiger partial charge in [0.15, 0.2) is 12.2 Å². The highest BCUT2D eigenvalue weighted by Crippen LogP contribution is 2.54. The van der Waals surface area contributed by atoms with E-state index >= 15 is 0 Å². The Morgan fingerprint density at radius 1 is 0.447 bits per heavy atom. The second kappa shape index (κ2) is 10.3. The normalized spacial score (nSPS) is 16.6. The maximum atomic E-state index is 13.3. The number of hydrogen-bond donors (Lipinski definition) is 0. The summed E-state index contributed by atoms with van der Waals surface area (Å²) < 4.78 is 234. The van der Waals surface area contributed by atoms with Gasteiger partial charge in [0.2, 0.25) is 0 Å². The van der Waals surface area contributed by atoms with Crippen LogP contribution in [0.4, 0.5) is 79.0 Å². The SMILES string of the molecule is CC(OC(F)(F)C(F)(F)C(F)(F)C(F)(F)F)C(=O)OOC(=O)C(C)OC(F)(F)C(F)(F)C(F)(F)C(F)(F)F. The molecular formula is C14H8F18O6. The van der Waals surface area contributed by atoms with Crippen LogP contribution in [0.2, 0.25) is 0 Å². The summed E-state index contributed by atoms with van der Waals surface area (Å²) in [5.74, 6) is -35.2. The van der Waals surface area contributed by atoms with Crippen molar-refractivity contribution in [3.05, 3.63) is 0 Å². The zero-order chi connectivity index (χ0) is 31.1. The molecule has 0 aliphatic carbocycles. The van der Waals surface area contributed by atoms with Crippen molar-refractivity contribution in [2.45, 2.75) is 74.3 Å². The van der Waals surface area contributed by atoms with Gasteiger partial charge in [-0.1, -0.05) is 0 Å². The predicted octanol–water partition coefficient (Wildman–Crippen LogP) is 5.65. The molecule has 24 heteroatoms. The third-order valence-electron chi connectivity index (χ3n) is 3.75. The van der Waals surface area contributed by atoms with Crippen molar-refractivity contribution in [2.75, 3.05) is 0 Å². The maximum absolute atomic E-state index is 13.3. The van der Waals surface area contributed by atoms with Crippen LogP contribution in [0.3, 0.4) is 0 Å². The minimum Gasteiger partial charge on any atom is -0.300 e. The van der Waals surface area contributed by atoms with Gasteiger partial charge in [-0.3, -0.25) is 0 Å². The van der Waals surface area contributed by atoms with E-state index in [1.165, 1.54) is 0 Å². The van der Waals surface area contributed by atoms with Gasteiger partial charge in [-0.15, -0.1) is 0 Å². The molecule has 0 aliphatic heterocycles. The standard InChI is InChI=1S/C14H8F18O6/c1-3(35-13(29,30)9(19,20)7(15,16)11(23,24)25)5(33)37-38-6(34)4(2)36-14(31,32)10(21,22)8(17,18)12(26,27)28/h3-4H,1-2H3. The van der Waals surface area contributed by atoms with E-state index in [-0.39, 0.29) is 13.8 Å². The van der Waals surface area contributed by atoms with Crippen molar-refractivity contribution >= 4 is 11.9 Å². The number of carbonyl (C=O) groups excluding carboxylic acids is 2. The van der Waals surface area contributed by atoms with Crippen LogP contribution in [0.25, 0.3) is 0 Å². The fourth-order valence-corrected chi connectivity index (χ4v) is 1.63. The van der Waals surface area contributed by atoms with Gasteiger partial charge >= 0.3 is 60.2 Å². The van der Waals surface area contributed by atoms with Crippen molar-refractivity contribution in [3.8, 4) is 0 Å². The Kier molecular flexibility index (Phi) is 9.64. The second-order valence-electron chi connectivity index (χ2n) is 6.65. The summed E-state index contributed by atoms with van der Waals surface area (Å²) in [6.07, 6.45) is -35.0. The monoisotopic (exact) mass is 614 g/mol. The van der Waals surface area contributed by atoms with Crippen LogP contribution >= 0.6 is 0 Å². The van der Waals surface area contributed by atoms with E-state index in [4.69, 9.17) is 0 Å². The van der Waals surface area contributed by atoms with E-state index in [0.29, 0.717) is 0 Å². The topological polar surface area (TPSA) is 71.1 Å². The number of halogens is 18. The van der Waals surface area contributed by atoms with E-state index in [1.807, 2.05) is 0 Å². The van der Waals surface area contributed by atoms with Gasteiger partial charge in [-0.2, -0.15) is 79.0 Å². The molecule has 226 valence electrons. The Morgan fingerprint density at radius 3 is 0.842 bits per heavy atom. The van der Waals surface area contributed by atoms with Crippen LogP contribution < -0.4 is 0 Å². The Morgan fingerprint density at radius 2 is 0.658 bits per heavy atom. The smallest absolute Gasteiger partial charge is 0.300 e. The van der Waals surface area contributed by atoms with Crippen LogP contribution in [-0.2, 0) is 28.8 Å². The average Bonchev–Trinajstić information content (AvgIpc) is 2.68. The highest BCUT2D eigenvalue weighted by Gasteiger charge is 2.84. The molecule has 6 nitrogen and oxygen atoms in total. The molecule has 0 N–H and O–H groups in total. The Hall–Kier alpha value is -2.40. The number of rotatable bonds is 10. The third kappa shape index (κ3) is 6.42. The molecule has 0 aliphatic rings. The molecule has 0 aromatic carbocycles. The lowest BCUT2D eigenvalue weighted by Crippen LogP contribution is -2.62. The highest BCUT2D eigenvalue weighted by molar-refractivity contribution is 5.77. The van der Waals surface area contributed by atoms with E-state index in [2.05, 4.69) is 19.2 Å². The number of ether oxygens (including phenoxy) is 2. The Balaban J connectivity index is 5.40. The average molecular weight is 614 g/mol. The quantitative estimate of drug-likeness (QED) is 0.180. The Bertz CT molecular complexity index is 793. The molecule has 0 bridgehead atoms. The molecule has 0 aromatic rings. The molecule has 0 rings (SSSR count). The van der Waals surface area contributed by atoms with Crippen LogP contribution in [-0.4, -0.2) is 72.4 Å². The summed E-state index contributed by atoms with van der Waals surface area (Å²) in [5, 5.41) is 0. The molecule has 2 atom stereocenters. The van der Waals surface area contributed by atoms with Crippen LogP contribution in [0.15, 0.2) is 0 Å². The lowest BCUT2D eigenvalue weighted by atomic mass is 10.1. The summed E-state index contributed by atoms with van der Waals surface area (Å²) in [6, 6.07) is 0. The number of alkyl halides is 18. The van der Waals surface area contributed by atoms with Gasteiger partial charge in [-0.25, -0.2) is 19.4 Å². The largest absolute Gasteiger partial charge is 0.460 e. The summed E-state index contributed by atoms with van der Waals surface area (Å²) in [7, 11) is 0. The molecule has 0 amide bonds. The summed E-state index contributed by atoms with van der Waals surface area (Å²) >= 11 is 0. The number of carbonyl (C=O) groups is 2. The van der Waals surface area contributed by atoms with Crippen LogP contribution in [0.5, 0.6) is 0 Å². The van der Waals surface area contributed by atoms with Gasteiger partial charge in [0.05, 0.1) is 0 Å². The van der Waals surface area contributed by atoms with Crippen molar-refractivity contribution < 1.29 is 108 Å². The van der Waals surface area contributed by atoms with Gasteiger partial charge in [0.25, 0.3) is 0 Å². The lowest BCUT2D eigenvalue weighted by molar-refractivity contribution is -0.449. The van der Waals surface area contributed by atoms with Gasteiger partial charge in [0.1, 0.15) is 0 Å². The van der Waals surface area contributed by atoms with E-state index in [0.717, 1.165) is 0 Å². The molecule has 0 heterocycles. The zero-order valence-corrected chi connectivity index (χ0v) is 17.4. The van der Waals surface area contributed by atoms with Gasteiger partial charge in [-0.05, 0) is 13.8 Å². The first kappa shape index (κ1) is 35.6. The molecule has 0 saturated carbocycles. The fourth-order valence-electron chi connectivity index (χ4n) is 1.63. The van der Waals surface area contributed by atoms with Crippen LogP contribution in [0.1, 0.15) is 13.8 Å². The summed E-state index contributed by atoms with van der Waals surface area (Å²) in [5.41, 5.74) is 0. The molecular weight excluding hydrogens is 606 g/mol. The molecule has 2 unspecified atom stereocenters. The predicted molar refractivity (Wildman–Crippen MR) is 75.1 cm³/mol. The summed E-state index contributed by atoms with van der Waals surface area (Å²) in [6.45, 7) is -0.278. The van der Waals surface area contributed by atoms with E-state index in [1.54, 1.807) is 0 Å². The number of hydrogen-bond acceptors (Lipinski definition) is 6. The molecule has 0 radical (unpaired) electrons. The minimum absolute atomic E-state index is 0.139. The van der Waals surface area contributed by atoms with E-state index < -0.39 is 72.4 Å². The molecule has 38 heavy (non-hydrogen) atoms. The second-order valence-corrected chi connectivity index (χ2v) is 6.65. The lowest BCUT2D eigenvalue weighted by Gasteiger charge is -2.34. The molecule has 0 saturated heterocycles. The molecule has 0 spiro atoms. The highest BCUT2D eigenvalue weighted by atomic mass is 19.4.